The van der Waals surface area contributed by atoms with E-state index in [9.17, 15) is 9.59 Å². The van der Waals surface area contributed by atoms with E-state index in [1.165, 1.54) is 16.4 Å². The number of H-pyrrole nitrogens is 1. The molecule has 0 atom stereocenters. The van der Waals surface area contributed by atoms with Crippen LogP contribution in [0.2, 0.25) is 0 Å². The zero-order chi connectivity index (χ0) is 20.4. The maximum Gasteiger partial charge on any atom is 0.278 e. The second-order valence-corrected chi connectivity index (χ2v) is 8.37. The number of rotatable bonds is 5. The summed E-state index contributed by atoms with van der Waals surface area (Å²) in [7, 11) is 0. The first kappa shape index (κ1) is 19.4. The van der Waals surface area contributed by atoms with Crippen molar-refractivity contribution in [1.82, 2.24) is 14.7 Å². The van der Waals surface area contributed by atoms with E-state index in [1.807, 2.05) is 67.6 Å². The average Bonchev–Trinajstić information content (AvgIpc) is 3.17. The quantitative estimate of drug-likeness (QED) is 0.501. The third kappa shape index (κ3) is 3.97. The van der Waals surface area contributed by atoms with E-state index in [4.69, 9.17) is 12.2 Å². The van der Waals surface area contributed by atoms with Crippen LogP contribution in [0, 0.1) is 6.92 Å². The molecule has 0 bridgehead atoms. The van der Waals surface area contributed by atoms with Crippen LogP contribution in [0.3, 0.4) is 0 Å². The Balaban J connectivity index is 1.58. The molecule has 1 aliphatic heterocycles. The summed E-state index contributed by atoms with van der Waals surface area (Å²) >= 11 is 6.65. The monoisotopic (exact) mass is 421 g/mol. The van der Waals surface area contributed by atoms with Crippen molar-refractivity contribution in [3.63, 3.8) is 0 Å². The van der Waals surface area contributed by atoms with Gasteiger partial charge in [-0.2, -0.15) is 0 Å². The van der Waals surface area contributed by atoms with Gasteiger partial charge < -0.3 is 0 Å². The van der Waals surface area contributed by atoms with Gasteiger partial charge in [-0.3, -0.25) is 19.6 Å². The summed E-state index contributed by atoms with van der Waals surface area (Å²) in [5.41, 5.74) is 2.88. The Kier molecular flexibility index (Phi) is 5.51. The molecule has 0 saturated carbocycles. The van der Waals surface area contributed by atoms with Gasteiger partial charge in [0.05, 0.1) is 16.2 Å². The van der Waals surface area contributed by atoms with Crippen molar-refractivity contribution in [2.75, 3.05) is 6.54 Å². The first-order valence-electron chi connectivity index (χ1n) is 9.21. The summed E-state index contributed by atoms with van der Waals surface area (Å²) in [5, 5.41) is 3.08. The molecule has 5 nitrogen and oxygen atoms in total. The van der Waals surface area contributed by atoms with Crippen molar-refractivity contribution in [1.29, 1.82) is 0 Å². The Morgan fingerprint density at radius 3 is 2.38 bits per heavy atom. The number of hydrogen-bond donors (Lipinski definition) is 1. The molecule has 1 amide bonds. The minimum atomic E-state index is -0.191. The van der Waals surface area contributed by atoms with Gasteiger partial charge in [-0.1, -0.05) is 72.5 Å². The Hall–Kier alpha value is -2.90. The Bertz CT molecular complexity index is 1150. The molecule has 0 unspecified atom stereocenters. The van der Waals surface area contributed by atoms with Crippen LogP contribution in [-0.2, 0) is 11.2 Å². The van der Waals surface area contributed by atoms with E-state index in [0.29, 0.717) is 27.0 Å². The Morgan fingerprint density at radius 2 is 1.69 bits per heavy atom. The molecule has 29 heavy (non-hydrogen) atoms. The number of benzene rings is 2. The molecular formula is C22H19N3O2S2. The minimum Gasteiger partial charge on any atom is -0.295 e. The maximum absolute atomic E-state index is 12.9. The van der Waals surface area contributed by atoms with Crippen molar-refractivity contribution in [2.45, 2.75) is 13.3 Å². The lowest BCUT2D eigenvalue weighted by atomic mass is 10.1. The van der Waals surface area contributed by atoms with Crippen LogP contribution in [-0.4, -0.2) is 31.5 Å². The molecule has 146 valence electrons. The molecule has 2 heterocycles. The predicted octanol–water partition coefficient (Wildman–Crippen LogP) is 3.92. The van der Waals surface area contributed by atoms with Crippen molar-refractivity contribution < 1.29 is 4.79 Å². The standard InChI is InChI=1S/C22H19N3O2S2/c1-15-18(20(26)25(23-15)17-10-6-3-7-11-17)14-19-21(27)24(22(28)29-19)13-12-16-8-4-2-5-9-16/h2-11,14,23H,12-13H2,1H3/b19-14-. The summed E-state index contributed by atoms with van der Waals surface area (Å²) in [6, 6.07) is 19.3. The highest BCUT2D eigenvalue weighted by Crippen LogP contribution is 2.32. The van der Waals surface area contributed by atoms with E-state index in [0.717, 1.165) is 17.7 Å². The number of carbonyl (C=O) groups is 1. The molecule has 0 radical (unpaired) electrons. The van der Waals surface area contributed by atoms with Crippen LogP contribution >= 0.6 is 24.0 Å². The van der Waals surface area contributed by atoms with Gasteiger partial charge in [-0.15, -0.1) is 0 Å². The van der Waals surface area contributed by atoms with E-state index in [-0.39, 0.29) is 11.5 Å². The molecule has 1 saturated heterocycles. The highest BCUT2D eigenvalue weighted by Gasteiger charge is 2.32. The fraction of sp³-hybridized carbons (Fsp3) is 0.136. The molecule has 3 aromatic rings. The molecule has 0 aliphatic carbocycles. The van der Waals surface area contributed by atoms with E-state index in [1.54, 1.807) is 11.0 Å². The first-order valence-corrected chi connectivity index (χ1v) is 10.4. The number of hydrogen-bond acceptors (Lipinski definition) is 4. The topological polar surface area (TPSA) is 58.1 Å². The fourth-order valence-electron chi connectivity index (χ4n) is 3.20. The maximum atomic E-state index is 12.9. The summed E-state index contributed by atoms with van der Waals surface area (Å²) in [6.45, 7) is 2.34. The predicted molar refractivity (Wildman–Crippen MR) is 121 cm³/mol. The first-order chi connectivity index (χ1) is 14.0. The minimum absolute atomic E-state index is 0.151. The van der Waals surface area contributed by atoms with Crippen LogP contribution in [0.25, 0.3) is 11.8 Å². The second-order valence-electron chi connectivity index (χ2n) is 6.70. The molecule has 0 spiro atoms. The van der Waals surface area contributed by atoms with Gasteiger partial charge in [0.15, 0.2) is 0 Å². The smallest absolute Gasteiger partial charge is 0.278 e. The lowest BCUT2D eigenvalue weighted by Crippen LogP contribution is -2.30. The Morgan fingerprint density at radius 1 is 1.03 bits per heavy atom. The highest BCUT2D eigenvalue weighted by atomic mass is 32.2. The second kappa shape index (κ2) is 8.23. The number of thiocarbonyl (C=S) groups is 1. The number of amides is 1. The van der Waals surface area contributed by atoms with Crippen LogP contribution in [0.5, 0.6) is 0 Å². The molecule has 1 fully saturated rings. The highest BCUT2D eigenvalue weighted by molar-refractivity contribution is 8.26. The van der Waals surface area contributed by atoms with Gasteiger partial charge in [0.25, 0.3) is 11.5 Å². The summed E-state index contributed by atoms with van der Waals surface area (Å²) in [5.74, 6) is -0.151. The van der Waals surface area contributed by atoms with E-state index in [2.05, 4.69) is 5.10 Å². The number of carbonyl (C=O) groups excluding carboxylic acids is 1. The van der Waals surface area contributed by atoms with Gasteiger partial charge in [-0.05, 0) is 37.1 Å². The molecule has 1 N–H and O–H groups in total. The number of para-hydroxylation sites is 1. The molecular weight excluding hydrogens is 402 g/mol. The van der Waals surface area contributed by atoms with Crippen molar-refractivity contribution >= 4 is 40.3 Å². The average molecular weight is 422 g/mol. The third-order valence-corrected chi connectivity index (χ3v) is 6.13. The molecule has 1 aromatic heterocycles. The summed E-state index contributed by atoms with van der Waals surface area (Å²) in [4.78, 5) is 27.8. The van der Waals surface area contributed by atoms with Crippen LogP contribution < -0.4 is 5.56 Å². The Labute approximate surface area is 178 Å². The summed E-state index contributed by atoms with van der Waals surface area (Å²) < 4.78 is 2.01. The summed E-state index contributed by atoms with van der Waals surface area (Å²) in [6.07, 6.45) is 2.37. The third-order valence-electron chi connectivity index (χ3n) is 4.75. The molecule has 2 aromatic carbocycles. The number of aryl methyl sites for hydroxylation is 1. The normalized spacial score (nSPS) is 15.5. The van der Waals surface area contributed by atoms with Crippen LogP contribution in [0.4, 0.5) is 0 Å². The zero-order valence-corrected chi connectivity index (χ0v) is 17.4. The number of aromatic nitrogens is 2. The van der Waals surface area contributed by atoms with E-state index < -0.39 is 0 Å². The fourth-order valence-corrected chi connectivity index (χ4v) is 4.49. The molecule has 4 rings (SSSR count). The number of aromatic amines is 1. The number of nitrogens with one attached hydrogen (secondary N) is 1. The van der Waals surface area contributed by atoms with Crippen molar-refractivity contribution in [2.24, 2.45) is 0 Å². The van der Waals surface area contributed by atoms with Gasteiger partial charge in [0.2, 0.25) is 0 Å². The SMILES string of the molecule is Cc1[nH]n(-c2ccccc2)c(=O)c1/C=C1\SC(=S)N(CCc2ccccc2)C1=O. The van der Waals surface area contributed by atoms with Crippen LogP contribution in [0.15, 0.2) is 70.4 Å². The molecule has 1 aliphatic rings. The lowest BCUT2D eigenvalue weighted by Gasteiger charge is -2.14. The van der Waals surface area contributed by atoms with Crippen molar-refractivity contribution in [3.05, 3.63) is 92.7 Å². The van der Waals surface area contributed by atoms with Gasteiger partial charge in [0, 0.05) is 12.2 Å². The molecule has 7 heteroatoms. The van der Waals surface area contributed by atoms with Gasteiger partial charge in [-0.25, -0.2) is 4.68 Å². The lowest BCUT2D eigenvalue weighted by molar-refractivity contribution is -0.122. The zero-order valence-electron chi connectivity index (χ0n) is 15.8. The van der Waals surface area contributed by atoms with E-state index >= 15 is 0 Å². The number of nitrogens with zero attached hydrogens (tertiary/aromatic N) is 2. The van der Waals surface area contributed by atoms with Gasteiger partial charge in [0.1, 0.15) is 4.32 Å². The van der Waals surface area contributed by atoms with Gasteiger partial charge >= 0.3 is 0 Å². The van der Waals surface area contributed by atoms with Crippen LogP contribution in [0.1, 0.15) is 16.8 Å². The number of thioether (sulfide) groups is 1. The largest absolute Gasteiger partial charge is 0.295 e. The van der Waals surface area contributed by atoms with Crippen molar-refractivity contribution in [3.8, 4) is 5.69 Å².